The molecule has 0 N–H and O–H groups in total. The third-order valence-corrected chi connectivity index (χ3v) is 8.08. The number of halogens is 1. The number of aryl methyl sites for hydroxylation is 3. The van der Waals surface area contributed by atoms with E-state index in [4.69, 9.17) is 14.2 Å². The summed E-state index contributed by atoms with van der Waals surface area (Å²) in [7, 11) is 1.39. The average Bonchev–Trinajstić information content (AvgIpc) is 3.54. The number of pyridine rings is 1. The predicted molar refractivity (Wildman–Crippen MR) is 152 cm³/mol. The molecule has 0 bridgehead atoms. The van der Waals surface area contributed by atoms with Crippen molar-refractivity contribution in [3.63, 3.8) is 0 Å². The number of nitrogens with zero attached hydrogens (tertiary/aromatic N) is 1. The Morgan fingerprint density at radius 3 is 2.58 bits per heavy atom. The first-order valence-corrected chi connectivity index (χ1v) is 13.7. The van der Waals surface area contributed by atoms with Crippen LogP contribution in [0.3, 0.4) is 0 Å². The summed E-state index contributed by atoms with van der Waals surface area (Å²) in [4.78, 5) is 16.1. The summed E-state index contributed by atoms with van der Waals surface area (Å²) in [5.74, 6) is 0.791. The zero-order valence-corrected chi connectivity index (χ0v) is 23.2. The highest BCUT2D eigenvalue weighted by molar-refractivity contribution is 5.79. The molecule has 0 radical (unpaired) electrons. The van der Waals surface area contributed by atoms with E-state index in [0.717, 1.165) is 56.5 Å². The summed E-state index contributed by atoms with van der Waals surface area (Å²) < 4.78 is 32.4. The number of hydrogen-bond donors (Lipinski definition) is 0. The number of fused-ring (bicyclic) bond motifs is 2. The van der Waals surface area contributed by atoms with Gasteiger partial charge in [0.15, 0.2) is 0 Å². The molecule has 3 aromatic carbocycles. The van der Waals surface area contributed by atoms with E-state index in [1.165, 1.54) is 7.11 Å². The highest BCUT2D eigenvalue weighted by Crippen LogP contribution is 2.45. The number of methoxy groups -OCH3 is 1. The second kappa shape index (κ2) is 10.4. The summed E-state index contributed by atoms with van der Waals surface area (Å²) >= 11 is 0. The minimum absolute atomic E-state index is 0.0382. The number of aromatic nitrogens is 1. The first-order valence-electron chi connectivity index (χ1n) is 13.7. The second-order valence-corrected chi connectivity index (χ2v) is 10.9. The molecule has 2 heterocycles. The van der Waals surface area contributed by atoms with E-state index in [2.05, 4.69) is 37.0 Å². The molecule has 1 unspecified atom stereocenters. The van der Waals surface area contributed by atoms with Gasteiger partial charge in [-0.25, -0.2) is 4.39 Å². The summed E-state index contributed by atoms with van der Waals surface area (Å²) in [5, 5.41) is 0. The third-order valence-electron chi connectivity index (χ3n) is 8.08. The second-order valence-electron chi connectivity index (χ2n) is 10.9. The van der Waals surface area contributed by atoms with Gasteiger partial charge in [0.1, 0.15) is 23.4 Å². The van der Waals surface area contributed by atoms with Crippen molar-refractivity contribution in [3.05, 3.63) is 100 Å². The largest absolute Gasteiger partial charge is 0.492 e. The number of esters is 1. The third kappa shape index (κ3) is 4.72. The molecule has 0 amide bonds. The quantitative estimate of drug-likeness (QED) is 0.237. The summed E-state index contributed by atoms with van der Waals surface area (Å²) in [6, 6.07) is 15.7. The predicted octanol–water partition coefficient (Wildman–Crippen LogP) is 7.59. The van der Waals surface area contributed by atoms with Gasteiger partial charge in [-0.3, -0.25) is 9.78 Å². The van der Waals surface area contributed by atoms with Gasteiger partial charge in [-0.05, 0) is 90.8 Å². The monoisotopic (exact) mass is 537 g/mol. The number of carbonyl (C=O) groups excluding carboxylic acids is 1. The maximum absolute atomic E-state index is 15.3. The van der Waals surface area contributed by atoms with Gasteiger partial charge in [0.25, 0.3) is 0 Å². The Morgan fingerprint density at radius 1 is 1.02 bits per heavy atom. The molecule has 2 atom stereocenters. The van der Waals surface area contributed by atoms with E-state index in [0.29, 0.717) is 30.1 Å². The highest BCUT2D eigenvalue weighted by Gasteiger charge is 2.32. The van der Waals surface area contributed by atoms with Crippen molar-refractivity contribution in [2.24, 2.45) is 0 Å². The fraction of sp³-hybridized carbons (Fsp3) is 0.294. The Kier molecular flexibility index (Phi) is 6.78. The van der Waals surface area contributed by atoms with Gasteiger partial charge < -0.3 is 14.2 Å². The van der Waals surface area contributed by atoms with Crippen LogP contribution in [-0.2, 0) is 16.0 Å². The molecule has 1 aromatic heterocycles. The fourth-order valence-electron chi connectivity index (χ4n) is 6.24. The van der Waals surface area contributed by atoms with Crippen LogP contribution in [0.2, 0.25) is 0 Å². The molecule has 204 valence electrons. The molecular formula is C34H32FNO4. The van der Waals surface area contributed by atoms with Gasteiger partial charge >= 0.3 is 5.97 Å². The first-order chi connectivity index (χ1) is 19.3. The van der Waals surface area contributed by atoms with Gasteiger partial charge in [0.2, 0.25) is 0 Å². The Labute approximate surface area is 233 Å². The van der Waals surface area contributed by atoms with Crippen molar-refractivity contribution in [2.45, 2.75) is 52.1 Å². The number of benzene rings is 3. The van der Waals surface area contributed by atoms with Crippen molar-refractivity contribution >= 4 is 5.97 Å². The van der Waals surface area contributed by atoms with E-state index in [-0.39, 0.29) is 24.1 Å². The summed E-state index contributed by atoms with van der Waals surface area (Å²) in [6.07, 6.45) is 5.06. The van der Waals surface area contributed by atoms with Crippen LogP contribution >= 0.6 is 0 Å². The molecular weight excluding hydrogens is 505 g/mol. The van der Waals surface area contributed by atoms with Crippen LogP contribution < -0.4 is 9.47 Å². The molecule has 6 rings (SSSR count). The molecule has 5 nitrogen and oxygen atoms in total. The molecule has 6 heteroatoms. The van der Waals surface area contributed by atoms with Gasteiger partial charge in [-0.2, -0.15) is 0 Å². The molecule has 40 heavy (non-hydrogen) atoms. The maximum Gasteiger partial charge on any atom is 0.306 e. The van der Waals surface area contributed by atoms with E-state index >= 15 is 4.39 Å². The topological polar surface area (TPSA) is 57.7 Å². The van der Waals surface area contributed by atoms with Crippen molar-refractivity contribution in [1.82, 2.24) is 4.98 Å². The highest BCUT2D eigenvalue weighted by atomic mass is 19.1. The van der Waals surface area contributed by atoms with E-state index in [9.17, 15) is 4.79 Å². The molecule has 0 fully saturated rings. The lowest BCUT2D eigenvalue weighted by Gasteiger charge is -2.19. The average molecular weight is 538 g/mol. The van der Waals surface area contributed by atoms with Gasteiger partial charge in [0, 0.05) is 41.1 Å². The van der Waals surface area contributed by atoms with E-state index in [1.807, 2.05) is 43.6 Å². The van der Waals surface area contributed by atoms with Crippen LogP contribution in [0.5, 0.6) is 11.5 Å². The molecule has 4 aromatic rings. The molecule has 0 saturated heterocycles. The smallest absolute Gasteiger partial charge is 0.306 e. The van der Waals surface area contributed by atoms with Crippen LogP contribution in [-0.4, -0.2) is 24.7 Å². The molecule has 0 spiro atoms. The standard InChI is InChI=1S/C34H32FNO4/c1-19-11-23(17-36-16-19)22-12-20(2)33(21(3)13-22)27-7-9-29(35)34-28(27)8-10-30(34)40-25-5-6-26-24(14-32(37)38-4)18-39-31(26)15-25/h5-7,9,11-13,15-17,24,30H,8,10,14,18H2,1-4H3/t24?,30-/m1/s1. The Morgan fingerprint density at radius 2 is 1.82 bits per heavy atom. The van der Waals surface area contributed by atoms with Crippen molar-refractivity contribution in [3.8, 4) is 33.8 Å². The van der Waals surface area contributed by atoms with Gasteiger partial charge in [0.05, 0.1) is 20.1 Å². The number of hydrogen-bond acceptors (Lipinski definition) is 5. The SMILES string of the molecule is COC(=O)CC1COc2cc(O[C@@H]3CCc4c(-c5c(C)cc(-c6cncc(C)c6)cc5C)ccc(F)c43)ccc21. The molecule has 1 aliphatic heterocycles. The Hall–Kier alpha value is -4.19. The van der Waals surface area contributed by atoms with E-state index in [1.54, 1.807) is 6.07 Å². The van der Waals surface area contributed by atoms with Crippen LogP contribution in [0.15, 0.2) is 60.9 Å². The van der Waals surface area contributed by atoms with Crippen LogP contribution in [0.4, 0.5) is 4.39 Å². The lowest BCUT2D eigenvalue weighted by atomic mass is 9.88. The fourth-order valence-corrected chi connectivity index (χ4v) is 6.24. The molecule has 0 saturated carbocycles. The number of ether oxygens (including phenoxy) is 3. The van der Waals surface area contributed by atoms with E-state index < -0.39 is 6.10 Å². The molecule has 1 aliphatic carbocycles. The van der Waals surface area contributed by atoms with Crippen molar-refractivity contribution < 1.29 is 23.4 Å². The lowest BCUT2D eigenvalue weighted by molar-refractivity contribution is -0.141. The van der Waals surface area contributed by atoms with Crippen LogP contribution in [0.25, 0.3) is 22.3 Å². The van der Waals surface area contributed by atoms with Gasteiger partial charge in [-0.1, -0.05) is 24.3 Å². The minimum atomic E-state index is -0.390. The Bertz CT molecular complexity index is 1610. The number of rotatable bonds is 6. The Balaban J connectivity index is 1.29. The van der Waals surface area contributed by atoms with Crippen LogP contribution in [0, 0.1) is 26.6 Å². The summed E-state index contributed by atoms with van der Waals surface area (Å²) in [6.45, 7) is 6.70. The zero-order chi connectivity index (χ0) is 28.0. The molecule has 2 aliphatic rings. The van der Waals surface area contributed by atoms with Gasteiger partial charge in [-0.15, -0.1) is 0 Å². The maximum atomic E-state index is 15.3. The van der Waals surface area contributed by atoms with Crippen molar-refractivity contribution in [2.75, 3.05) is 13.7 Å². The van der Waals surface area contributed by atoms with Crippen molar-refractivity contribution in [1.29, 1.82) is 0 Å². The normalized spacial score (nSPS) is 17.2. The number of carbonyl (C=O) groups is 1. The first kappa shape index (κ1) is 26.1. The zero-order valence-electron chi connectivity index (χ0n) is 23.2. The van der Waals surface area contributed by atoms with Crippen LogP contribution in [0.1, 0.15) is 58.2 Å². The lowest BCUT2D eigenvalue weighted by Crippen LogP contribution is -2.09. The minimum Gasteiger partial charge on any atom is -0.492 e. The summed E-state index contributed by atoms with van der Waals surface area (Å²) in [5.41, 5.74) is 10.4.